The molecule has 2 heterocycles. The third-order valence-corrected chi connectivity index (χ3v) is 3.85. The number of benzene rings is 1. The number of nitrogens with two attached hydrogens (primary N) is 1. The van der Waals surface area contributed by atoms with Crippen LogP contribution in [0.25, 0.3) is 5.82 Å². The van der Waals surface area contributed by atoms with Crippen LogP contribution in [0.3, 0.4) is 0 Å². The molecule has 0 aliphatic rings. The summed E-state index contributed by atoms with van der Waals surface area (Å²) in [6.45, 7) is 0.320. The predicted octanol–water partition coefficient (Wildman–Crippen LogP) is -0.155. The number of esters is 1. The Kier molecular flexibility index (Phi) is 6.12. The number of nitrogen functional groups attached to an aromatic ring is 1. The highest BCUT2D eigenvalue weighted by atomic mass is 16.6. The summed E-state index contributed by atoms with van der Waals surface area (Å²) in [4.78, 5) is 25.8. The highest BCUT2D eigenvalue weighted by Crippen LogP contribution is 2.16. The molecule has 3 aromatic rings. The summed E-state index contributed by atoms with van der Waals surface area (Å²) in [6.07, 6.45) is 1.43. The molecule has 13 heteroatoms. The van der Waals surface area contributed by atoms with E-state index in [1.165, 1.54) is 18.0 Å². The zero-order valence-corrected chi connectivity index (χ0v) is 16.4. The van der Waals surface area contributed by atoms with Gasteiger partial charge in [-0.1, -0.05) is 17.3 Å². The van der Waals surface area contributed by atoms with E-state index in [4.69, 9.17) is 5.73 Å². The Labute approximate surface area is 170 Å². The third-order valence-electron chi connectivity index (χ3n) is 3.85. The monoisotopic (exact) mass is 413 g/mol. The maximum atomic E-state index is 12.6. The Morgan fingerprint density at radius 2 is 2.03 bits per heavy atom. The van der Waals surface area contributed by atoms with Crippen molar-refractivity contribution in [1.82, 2.24) is 35.6 Å². The largest absolute Gasteiger partial charge is 0.465 e. The molecule has 30 heavy (non-hydrogen) atoms. The molecule has 0 atom stereocenters. The summed E-state index contributed by atoms with van der Waals surface area (Å²) in [5.41, 5.74) is 9.66. The zero-order valence-electron chi connectivity index (χ0n) is 16.4. The average Bonchev–Trinajstić information content (AvgIpc) is 3.33. The van der Waals surface area contributed by atoms with Crippen molar-refractivity contribution in [2.24, 2.45) is 5.10 Å². The van der Waals surface area contributed by atoms with Gasteiger partial charge in [0.25, 0.3) is 5.91 Å². The molecule has 0 saturated carbocycles. The minimum Gasteiger partial charge on any atom is -0.465 e. The average molecular weight is 413 g/mol. The Hall–Kier alpha value is -4.13. The lowest BCUT2D eigenvalue weighted by Gasteiger charge is -2.11. The Bertz CT molecular complexity index is 1070. The van der Waals surface area contributed by atoms with Crippen LogP contribution >= 0.6 is 0 Å². The number of amides is 1. The van der Waals surface area contributed by atoms with Crippen molar-refractivity contribution in [3.63, 3.8) is 0 Å². The quantitative estimate of drug-likeness (QED) is 0.302. The van der Waals surface area contributed by atoms with Gasteiger partial charge in [-0.25, -0.2) is 14.8 Å². The van der Waals surface area contributed by atoms with E-state index < -0.39 is 11.9 Å². The molecule has 3 rings (SSSR count). The zero-order chi connectivity index (χ0) is 21.7. The van der Waals surface area contributed by atoms with Gasteiger partial charge in [0.2, 0.25) is 11.6 Å². The highest BCUT2D eigenvalue weighted by molar-refractivity contribution is 5.94. The number of carbonyl (C=O) groups excluding carboxylic acids is 2. The number of ether oxygens (including phenoxy) is 1. The van der Waals surface area contributed by atoms with Crippen molar-refractivity contribution in [1.29, 1.82) is 0 Å². The molecule has 0 spiro atoms. The second-order valence-electron chi connectivity index (χ2n) is 6.32. The lowest BCUT2D eigenvalue weighted by Crippen LogP contribution is -2.23. The van der Waals surface area contributed by atoms with Crippen LogP contribution in [0, 0.1) is 0 Å². The SMILES string of the molecule is COC(=O)c1ccc(C=NNC(=O)c2nnn(-c3nonc3N)c2CN(C)C)cc1. The molecule has 0 bridgehead atoms. The van der Waals surface area contributed by atoms with E-state index in [1.54, 1.807) is 24.3 Å². The van der Waals surface area contributed by atoms with E-state index in [0.29, 0.717) is 23.4 Å². The lowest BCUT2D eigenvalue weighted by atomic mass is 10.1. The molecule has 13 nitrogen and oxygen atoms in total. The number of hydrogen-bond donors (Lipinski definition) is 2. The summed E-state index contributed by atoms with van der Waals surface area (Å²) < 4.78 is 10.5. The van der Waals surface area contributed by atoms with Crippen LogP contribution in [0.1, 0.15) is 32.1 Å². The Morgan fingerprint density at radius 1 is 1.30 bits per heavy atom. The van der Waals surface area contributed by atoms with E-state index >= 15 is 0 Å². The van der Waals surface area contributed by atoms with Gasteiger partial charge < -0.3 is 15.4 Å². The van der Waals surface area contributed by atoms with Crippen molar-refractivity contribution in [3.05, 3.63) is 46.8 Å². The minimum atomic E-state index is -0.574. The van der Waals surface area contributed by atoms with Gasteiger partial charge in [-0.05, 0) is 42.1 Å². The first-order valence-corrected chi connectivity index (χ1v) is 8.60. The summed E-state index contributed by atoms with van der Waals surface area (Å²) in [6, 6.07) is 6.50. The second kappa shape index (κ2) is 8.91. The van der Waals surface area contributed by atoms with Crippen LogP contribution in [-0.4, -0.2) is 69.5 Å². The first-order valence-electron chi connectivity index (χ1n) is 8.60. The minimum absolute atomic E-state index is 0.0142. The van der Waals surface area contributed by atoms with Crippen molar-refractivity contribution in [2.75, 3.05) is 26.9 Å². The molecule has 0 unspecified atom stereocenters. The van der Waals surface area contributed by atoms with E-state index in [9.17, 15) is 9.59 Å². The molecule has 0 aliphatic heterocycles. The molecular weight excluding hydrogens is 394 g/mol. The predicted molar refractivity (Wildman–Crippen MR) is 104 cm³/mol. The number of methoxy groups -OCH3 is 1. The van der Waals surface area contributed by atoms with Crippen LogP contribution in [0.5, 0.6) is 0 Å². The molecule has 0 fully saturated rings. The van der Waals surface area contributed by atoms with Gasteiger partial charge in [-0.15, -0.1) is 5.10 Å². The molecule has 1 amide bonds. The van der Waals surface area contributed by atoms with Gasteiger partial charge in [-0.3, -0.25) is 4.79 Å². The molecule has 1 aromatic carbocycles. The van der Waals surface area contributed by atoms with Crippen LogP contribution in [0.15, 0.2) is 34.0 Å². The van der Waals surface area contributed by atoms with Crippen LogP contribution in [-0.2, 0) is 11.3 Å². The van der Waals surface area contributed by atoms with Gasteiger partial charge in [0.1, 0.15) is 0 Å². The van der Waals surface area contributed by atoms with Gasteiger partial charge in [0, 0.05) is 6.54 Å². The van der Waals surface area contributed by atoms with Gasteiger partial charge in [-0.2, -0.15) is 9.78 Å². The van der Waals surface area contributed by atoms with Crippen LogP contribution in [0.2, 0.25) is 0 Å². The van der Waals surface area contributed by atoms with Crippen molar-refractivity contribution in [3.8, 4) is 5.82 Å². The van der Waals surface area contributed by atoms with Gasteiger partial charge >= 0.3 is 5.97 Å². The number of hydrogen-bond acceptors (Lipinski definition) is 11. The Balaban J connectivity index is 1.76. The van der Waals surface area contributed by atoms with Crippen LogP contribution in [0.4, 0.5) is 5.82 Å². The van der Waals surface area contributed by atoms with Gasteiger partial charge in [0.15, 0.2) is 5.69 Å². The number of aromatic nitrogens is 5. The fraction of sp³-hybridized carbons (Fsp3) is 0.235. The molecule has 0 saturated heterocycles. The topological polar surface area (TPSA) is 167 Å². The van der Waals surface area contributed by atoms with Crippen LogP contribution < -0.4 is 11.2 Å². The first kappa shape index (κ1) is 20.6. The van der Waals surface area contributed by atoms with E-state index in [0.717, 1.165) is 0 Å². The normalized spacial score (nSPS) is 11.2. The standard InChI is InChI=1S/C17H19N9O4/c1-25(2)9-12-13(20-24-26(12)15-14(18)22-30-23-15)16(27)21-19-8-10-4-6-11(7-5-10)17(28)29-3/h4-8H,9H2,1-3H3,(H2,18,22)(H,21,27). The molecule has 0 radical (unpaired) electrons. The summed E-state index contributed by atoms with van der Waals surface area (Å²) in [7, 11) is 4.95. The summed E-state index contributed by atoms with van der Waals surface area (Å²) in [5.74, 6) is -0.866. The number of carbonyl (C=O) groups is 2. The number of nitrogens with zero attached hydrogens (tertiary/aromatic N) is 7. The van der Waals surface area contributed by atoms with Crippen molar-refractivity contribution < 1.29 is 19.0 Å². The van der Waals surface area contributed by atoms with Crippen molar-refractivity contribution >= 4 is 23.9 Å². The first-order chi connectivity index (χ1) is 14.4. The molecule has 156 valence electrons. The number of anilines is 1. The van der Waals surface area contributed by atoms with E-state index in [-0.39, 0.29) is 17.3 Å². The third kappa shape index (κ3) is 4.47. The van der Waals surface area contributed by atoms with Crippen molar-refractivity contribution in [2.45, 2.75) is 6.54 Å². The van der Waals surface area contributed by atoms with E-state index in [2.05, 4.69) is 40.5 Å². The maximum absolute atomic E-state index is 12.6. The summed E-state index contributed by atoms with van der Waals surface area (Å²) >= 11 is 0. The Morgan fingerprint density at radius 3 is 2.63 bits per heavy atom. The second-order valence-corrected chi connectivity index (χ2v) is 6.32. The molecular formula is C17H19N9O4. The molecule has 0 aliphatic carbocycles. The fourth-order valence-electron chi connectivity index (χ4n) is 2.47. The lowest BCUT2D eigenvalue weighted by molar-refractivity contribution is 0.0600. The number of nitrogens with one attached hydrogen (secondary N) is 1. The highest BCUT2D eigenvalue weighted by Gasteiger charge is 2.24. The van der Waals surface area contributed by atoms with Gasteiger partial charge in [0.05, 0.1) is 24.6 Å². The van der Waals surface area contributed by atoms with E-state index in [1.807, 2.05) is 19.0 Å². The molecule has 2 aromatic heterocycles. The maximum Gasteiger partial charge on any atom is 0.337 e. The number of hydrazone groups is 1. The smallest absolute Gasteiger partial charge is 0.337 e. The fourth-order valence-corrected chi connectivity index (χ4v) is 2.47. The summed E-state index contributed by atoms with van der Waals surface area (Å²) in [5, 5.41) is 19.0. The number of rotatable bonds is 7. The molecule has 3 N–H and O–H groups in total.